The average Bonchev–Trinajstić information content (AvgIpc) is 0.827. The van der Waals surface area contributed by atoms with E-state index in [0.29, 0.717) is 6.42 Å². The molecule has 0 radical (unpaired) electrons. The number of hydrogen-bond donors (Lipinski definition) is 9. The molecule has 0 unspecified atom stereocenters. The van der Waals surface area contributed by atoms with Crippen LogP contribution in [0.2, 0.25) is 0 Å². The summed E-state index contributed by atoms with van der Waals surface area (Å²) in [6.07, 6.45) is 3.04. The standard InChI is InChI=1S/C62H111N11O12.C4H11N5/c1-25-27-28-40(15)52(75)51-56(79)65-43(26-2)58(81)67(18)33-48(74)68(19)44(29-34(3)4)55(78)66-49(38(11)12)61(84)69(20)45(30-35(5)6)54(77)63-41(16)53(76)64-42(17)57(80)70(21)46(31-36(7)8)59(82)71(22)47(32-37(9)10)60(83)72(23)50(39(13)14)62(85)73(51)24;1-9(2)4(7)8-3(5)6/h25,27,34-47,49-52,75H,26,28-33H2,1-24H3,(H,63,77)(H,64,76)(H,65,79)(H,66,78);1-2H3,(H5,5,6,7,8)/b27-25+;/t40-,41+,42-,43+,44+,45+,46+,47+,49+,50+,51+,52-;/m1./s1. The van der Waals surface area contributed by atoms with Crippen LogP contribution in [0.5, 0.6) is 0 Å². The van der Waals surface area contributed by atoms with Gasteiger partial charge < -0.3 is 71.3 Å². The molecule has 0 saturated carbocycles. The summed E-state index contributed by atoms with van der Waals surface area (Å²) >= 11 is 0. The van der Waals surface area contributed by atoms with E-state index in [1.807, 2.05) is 61.5 Å². The lowest BCUT2D eigenvalue weighted by atomic mass is 9.91. The molecule has 10 N–H and O–H groups in total. The maximum atomic E-state index is 15.1. The molecular formula is C66H122N16O12. The quantitative estimate of drug-likeness (QED) is 0.0645. The van der Waals surface area contributed by atoms with Crippen LogP contribution >= 0.6 is 0 Å². The number of amides is 11. The van der Waals surface area contributed by atoms with Gasteiger partial charge in [0.1, 0.15) is 60.4 Å². The Bertz CT molecular complexity index is 2610. The van der Waals surface area contributed by atoms with Crippen LogP contribution in [0.3, 0.4) is 0 Å². The Morgan fingerprint density at radius 3 is 1.37 bits per heavy atom. The summed E-state index contributed by atoms with van der Waals surface area (Å²) < 4.78 is 0. The third-order valence-electron chi connectivity index (χ3n) is 16.8. The van der Waals surface area contributed by atoms with Gasteiger partial charge in [-0.05, 0) is 101 Å². The van der Waals surface area contributed by atoms with Crippen molar-refractivity contribution in [2.75, 3.05) is 70.0 Å². The molecule has 0 aromatic carbocycles. The van der Waals surface area contributed by atoms with Crippen molar-refractivity contribution in [3.63, 3.8) is 0 Å². The fraction of sp³-hybridized carbons (Fsp3) is 0.773. The van der Waals surface area contributed by atoms with Gasteiger partial charge in [0.05, 0.1) is 12.6 Å². The van der Waals surface area contributed by atoms with Gasteiger partial charge in [-0.3, -0.25) is 68.9 Å². The number of nitrogens with two attached hydrogens (primary N) is 1. The highest BCUT2D eigenvalue weighted by Crippen LogP contribution is 2.26. The van der Waals surface area contributed by atoms with Gasteiger partial charge in [0.25, 0.3) is 0 Å². The number of allylic oxidation sites excluding steroid dienone is 2. The SMILES string of the molecule is C/C=C/C[C@@H](C)[C@@H](O)[C@H]1C(=O)N[C@@H](CC)C(=O)N(C)CC(=O)N(C)[C@@H](CC(C)C)C(=O)N[C@@H](C(C)C)C(=O)N(C)[C@@H](CC(C)C)C(=O)N[C@@H](C)C(=O)N[C@H](C)C(=O)N(C)[C@@H](CC(C)C)C(=O)N(C)[C@@H](CC(C)C)C(=O)N(C)[C@@H](C(C)C)C(=O)N1C.CN(C)C(=N)NC(=N)N. The molecule has 28 nitrogen and oxygen atoms in total. The maximum Gasteiger partial charge on any atom is 0.246 e. The first kappa shape index (κ1) is 86.6. The highest BCUT2D eigenvalue weighted by molar-refractivity contribution is 6.00. The van der Waals surface area contributed by atoms with E-state index in [1.165, 1.54) is 92.6 Å². The molecular weight excluding hydrogens is 1210 g/mol. The number of rotatable bonds is 15. The molecule has 1 saturated heterocycles. The Kier molecular flexibility index (Phi) is 37.0. The Morgan fingerprint density at radius 1 is 0.543 bits per heavy atom. The van der Waals surface area contributed by atoms with Crippen molar-refractivity contribution in [2.45, 2.75) is 223 Å². The van der Waals surface area contributed by atoms with Crippen molar-refractivity contribution in [2.24, 2.45) is 47.2 Å². The van der Waals surface area contributed by atoms with Gasteiger partial charge in [-0.25, -0.2) is 0 Å². The number of likely N-dealkylation sites (N-methyl/N-ethyl adjacent to an activating group) is 7. The molecule has 28 heteroatoms. The number of hydrogen-bond acceptors (Lipinski definition) is 14. The number of guanidine groups is 2. The van der Waals surface area contributed by atoms with Crippen molar-refractivity contribution < 1.29 is 57.8 Å². The molecule has 1 fully saturated rings. The van der Waals surface area contributed by atoms with Crippen molar-refractivity contribution >= 4 is 76.9 Å². The summed E-state index contributed by atoms with van der Waals surface area (Å²) in [4.78, 5) is 170. The number of carbonyl (C=O) groups is 11. The first-order chi connectivity index (χ1) is 43.2. The van der Waals surface area contributed by atoms with Gasteiger partial charge in [0.15, 0.2) is 11.9 Å². The maximum absolute atomic E-state index is 15.1. The molecule has 1 aliphatic rings. The second-order valence-electron chi connectivity index (χ2n) is 27.9. The summed E-state index contributed by atoms with van der Waals surface area (Å²) in [6.45, 7) is 29.3. The minimum Gasteiger partial charge on any atom is -0.390 e. The zero-order valence-electron chi connectivity index (χ0n) is 61.6. The van der Waals surface area contributed by atoms with E-state index in [2.05, 4.69) is 26.6 Å². The van der Waals surface area contributed by atoms with Gasteiger partial charge in [-0.15, -0.1) is 0 Å². The minimum absolute atomic E-state index is 0.0229. The van der Waals surface area contributed by atoms with Gasteiger partial charge >= 0.3 is 0 Å². The topological polar surface area (TPSA) is 368 Å². The third-order valence-corrected chi connectivity index (χ3v) is 16.8. The Balaban J connectivity index is 0.00000887. The van der Waals surface area contributed by atoms with E-state index >= 15 is 9.59 Å². The summed E-state index contributed by atoms with van der Waals surface area (Å²) in [6, 6.07) is -12.3. The highest BCUT2D eigenvalue weighted by atomic mass is 16.3. The number of carbonyl (C=O) groups excluding carboxylic acids is 11. The lowest BCUT2D eigenvalue weighted by Gasteiger charge is -2.41. The molecule has 1 heterocycles. The smallest absolute Gasteiger partial charge is 0.246 e. The van der Waals surface area contributed by atoms with Crippen LogP contribution in [0.1, 0.15) is 156 Å². The second kappa shape index (κ2) is 40.1. The van der Waals surface area contributed by atoms with Gasteiger partial charge in [0, 0.05) is 63.4 Å². The molecule has 0 aliphatic carbocycles. The lowest BCUT2D eigenvalue weighted by Crippen LogP contribution is -2.63. The zero-order valence-corrected chi connectivity index (χ0v) is 61.6. The minimum atomic E-state index is -1.61. The molecule has 1 rings (SSSR count). The fourth-order valence-electron chi connectivity index (χ4n) is 10.9. The number of aliphatic hydroxyl groups is 1. The van der Waals surface area contributed by atoms with Crippen molar-refractivity contribution in [1.29, 1.82) is 10.8 Å². The molecule has 0 aromatic heterocycles. The fourth-order valence-corrected chi connectivity index (χ4v) is 10.9. The van der Waals surface area contributed by atoms with Crippen LogP contribution in [0.25, 0.3) is 0 Å². The lowest BCUT2D eigenvalue weighted by molar-refractivity contribution is -0.157. The van der Waals surface area contributed by atoms with Gasteiger partial charge in [0.2, 0.25) is 65.0 Å². The Morgan fingerprint density at radius 2 is 0.957 bits per heavy atom. The average molecular weight is 1330 g/mol. The van der Waals surface area contributed by atoms with Crippen molar-refractivity contribution in [3.05, 3.63) is 12.2 Å². The Hall–Kier alpha value is -7.39. The van der Waals surface area contributed by atoms with E-state index in [4.69, 9.17) is 16.6 Å². The molecule has 11 amide bonds. The highest BCUT2D eigenvalue weighted by Gasteiger charge is 2.46. The summed E-state index contributed by atoms with van der Waals surface area (Å²) in [5, 5.41) is 39.2. The first-order valence-corrected chi connectivity index (χ1v) is 33.0. The number of nitrogens with zero attached hydrogens (tertiary/aromatic N) is 8. The third kappa shape index (κ3) is 26.1. The van der Waals surface area contributed by atoms with E-state index < -0.39 is 156 Å². The molecule has 0 bridgehead atoms. The Labute approximate surface area is 561 Å². The van der Waals surface area contributed by atoms with Crippen LogP contribution < -0.4 is 32.3 Å². The molecule has 0 spiro atoms. The first-order valence-electron chi connectivity index (χ1n) is 33.0. The predicted molar refractivity (Wildman–Crippen MR) is 365 cm³/mol. The van der Waals surface area contributed by atoms with E-state index in [1.54, 1.807) is 68.6 Å². The summed E-state index contributed by atoms with van der Waals surface area (Å²) in [7, 11) is 13.3. The van der Waals surface area contributed by atoms with Crippen LogP contribution in [-0.2, 0) is 52.7 Å². The molecule has 12 atom stereocenters. The van der Waals surface area contributed by atoms with E-state index in [-0.39, 0.29) is 67.7 Å². The largest absolute Gasteiger partial charge is 0.390 e. The molecule has 0 aromatic rings. The molecule has 1 aliphatic heterocycles. The zero-order chi connectivity index (χ0) is 73.4. The number of aliphatic hydroxyl groups excluding tert-OH is 1. The van der Waals surface area contributed by atoms with Crippen molar-refractivity contribution in [3.8, 4) is 0 Å². The molecule has 94 heavy (non-hydrogen) atoms. The van der Waals surface area contributed by atoms with Gasteiger partial charge in [-0.2, -0.15) is 0 Å². The van der Waals surface area contributed by atoms with Crippen molar-refractivity contribution in [1.82, 2.24) is 65.8 Å². The monoisotopic (exact) mass is 1330 g/mol. The predicted octanol–water partition coefficient (Wildman–Crippen LogP) is 2.23. The summed E-state index contributed by atoms with van der Waals surface area (Å²) in [5.74, 6) is -9.81. The molecule has 538 valence electrons. The van der Waals surface area contributed by atoms with E-state index in [0.717, 1.165) is 9.80 Å². The van der Waals surface area contributed by atoms with Crippen LogP contribution in [0.15, 0.2) is 12.2 Å². The summed E-state index contributed by atoms with van der Waals surface area (Å²) in [5.41, 5.74) is 4.94. The van der Waals surface area contributed by atoms with Crippen LogP contribution in [0, 0.1) is 52.2 Å². The number of nitrogens with one attached hydrogen (secondary N) is 7. The normalized spacial score (nSPS) is 25.1. The second-order valence-corrected chi connectivity index (χ2v) is 27.9. The van der Waals surface area contributed by atoms with Gasteiger partial charge in [-0.1, -0.05) is 109 Å². The van der Waals surface area contributed by atoms with Crippen LogP contribution in [-0.4, -0.2) is 258 Å². The van der Waals surface area contributed by atoms with Crippen LogP contribution in [0.4, 0.5) is 0 Å². The van der Waals surface area contributed by atoms with E-state index in [9.17, 15) is 48.3 Å².